The minimum Gasteiger partial charge on any atom is -0.464 e. The summed E-state index contributed by atoms with van der Waals surface area (Å²) in [4.78, 5) is 27.5. The summed E-state index contributed by atoms with van der Waals surface area (Å²) >= 11 is 0. The normalized spacial score (nSPS) is 29.3. The highest BCUT2D eigenvalue weighted by molar-refractivity contribution is 5.75. The third-order valence-corrected chi connectivity index (χ3v) is 4.75. The Balaban J connectivity index is 2.23. The van der Waals surface area contributed by atoms with Crippen LogP contribution in [0.15, 0.2) is 17.1 Å². The van der Waals surface area contributed by atoms with Crippen LogP contribution in [0.5, 0.6) is 0 Å². The lowest BCUT2D eigenvalue weighted by molar-refractivity contribution is -0.149. The van der Waals surface area contributed by atoms with E-state index in [4.69, 9.17) is 16.2 Å². The number of carbonyl (C=O) groups excluding carboxylic acids is 1. The van der Waals surface area contributed by atoms with Crippen molar-refractivity contribution < 1.29 is 19.7 Å². The molecule has 1 aromatic heterocycles. The van der Waals surface area contributed by atoms with Gasteiger partial charge in [-0.3, -0.25) is 9.36 Å². The van der Waals surface area contributed by atoms with E-state index >= 15 is 0 Å². The molecule has 1 aromatic rings. The summed E-state index contributed by atoms with van der Waals surface area (Å²) in [6.45, 7) is 3.29. The van der Waals surface area contributed by atoms with Gasteiger partial charge in [-0.25, -0.2) is 4.79 Å². The molecule has 0 spiro atoms. The Labute approximate surface area is 150 Å². The van der Waals surface area contributed by atoms with Gasteiger partial charge in [0.2, 0.25) is 0 Å². The zero-order valence-electron chi connectivity index (χ0n) is 14.6. The van der Waals surface area contributed by atoms with Gasteiger partial charge in [0, 0.05) is 12.1 Å². The van der Waals surface area contributed by atoms with Gasteiger partial charge in [0.25, 0.3) is 0 Å². The summed E-state index contributed by atoms with van der Waals surface area (Å²) in [6, 6.07) is 2.40. The van der Waals surface area contributed by atoms with Crippen molar-refractivity contribution in [1.82, 2.24) is 9.55 Å². The second-order valence-electron chi connectivity index (χ2n) is 6.84. The molecule has 26 heavy (non-hydrogen) atoms. The Morgan fingerprint density at radius 1 is 1.58 bits per heavy atom. The van der Waals surface area contributed by atoms with Gasteiger partial charge in [-0.15, -0.1) is 0 Å². The fourth-order valence-corrected chi connectivity index (χ4v) is 3.02. The predicted molar refractivity (Wildman–Crippen MR) is 90.4 cm³/mol. The van der Waals surface area contributed by atoms with Crippen molar-refractivity contribution in [3.63, 3.8) is 0 Å². The maximum absolute atomic E-state index is 12.1. The number of ether oxygens (including phenoxy) is 1. The average molecular weight is 365 g/mol. The highest BCUT2D eigenvalue weighted by atomic mass is 16.5. The molecule has 0 aliphatic heterocycles. The predicted octanol–water partition coefficient (Wildman–Crippen LogP) is -1.69. The number of nitriles is 1. The number of esters is 1. The first kappa shape index (κ1) is 19.8. The van der Waals surface area contributed by atoms with Crippen LogP contribution in [0, 0.1) is 23.2 Å². The Hall–Kier alpha value is -2.48. The van der Waals surface area contributed by atoms with Crippen LogP contribution >= 0.6 is 0 Å². The van der Waals surface area contributed by atoms with Gasteiger partial charge < -0.3 is 26.4 Å². The van der Waals surface area contributed by atoms with Gasteiger partial charge in [0.15, 0.2) is 5.54 Å². The smallest absolute Gasteiger partial charge is 0.350 e. The summed E-state index contributed by atoms with van der Waals surface area (Å²) in [5.41, 5.74) is 8.59. The highest BCUT2D eigenvalue weighted by Crippen LogP contribution is 2.40. The third kappa shape index (κ3) is 3.41. The zero-order chi connectivity index (χ0) is 19.6. The van der Waals surface area contributed by atoms with Gasteiger partial charge in [0.05, 0.1) is 18.8 Å². The molecule has 0 amide bonds. The number of aromatic nitrogens is 2. The van der Waals surface area contributed by atoms with E-state index in [9.17, 15) is 25.1 Å². The van der Waals surface area contributed by atoms with E-state index in [2.05, 4.69) is 4.98 Å². The molecule has 10 nitrogen and oxygen atoms in total. The minimum atomic E-state index is -1.74. The van der Waals surface area contributed by atoms with Crippen LogP contribution < -0.4 is 17.2 Å². The van der Waals surface area contributed by atoms with Gasteiger partial charge in [-0.2, -0.15) is 10.2 Å². The zero-order valence-corrected chi connectivity index (χ0v) is 14.6. The van der Waals surface area contributed by atoms with Crippen LogP contribution in [-0.2, 0) is 15.1 Å². The van der Waals surface area contributed by atoms with E-state index in [-0.39, 0.29) is 24.8 Å². The van der Waals surface area contributed by atoms with Crippen molar-refractivity contribution in [3.05, 3.63) is 22.7 Å². The van der Waals surface area contributed by atoms with Crippen molar-refractivity contribution in [2.45, 2.75) is 44.1 Å². The van der Waals surface area contributed by atoms with Crippen LogP contribution in [0.2, 0.25) is 0 Å². The monoisotopic (exact) mass is 365 g/mol. The van der Waals surface area contributed by atoms with E-state index in [1.165, 1.54) is 12.3 Å². The fourth-order valence-electron chi connectivity index (χ4n) is 3.02. The van der Waals surface area contributed by atoms with Crippen LogP contribution in [0.3, 0.4) is 0 Å². The molecule has 1 saturated carbocycles. The Bertz CT molecular complexity index is 773. The van der Waals surface area contributed by atoms with Crippen LogP contribution in [0.4, 0.5) is 5.82 Å². The van der Waals surface area contributed by atoms with Gasteiger partial charge in [-0.05, 0) is 18.4 Å². The molecular formula is C16H23N5O5. The number of hydrogen-bond donors (Lipinski definition) is 4. The third-order valence-electron chi connectivity index (χ3n) is 4.75. The average Bonchev–Trinajstić information content (AvgIpc) is 2.84. The molecule has 5 atom stereocenters. The number of aliphatic hydroxyl groups is 2. The molecule has 0 radical (unpaired) electrons. The lowest BCUT2D eigenvalue weighted by Crippen LogP contribution is -2.48. The van der Waals surface area contributed by atoms with Gasteiger partial charge >= 0.3 is 11.7 Å². The molecule has 1 heterocycles. The van der Waals surface area contributed by atoms with Crippen LogP contribution in [0.25, 0.3) is 0 Å². The molecule has 142 valence electrons. The standard InChI is InChI=1S/C16H23N5O5/c1-8(2)11(19)14(24)26-6-9-5-16(7-17,13(23)12(9)22)21-4-3-10(18)20-15(21)25/h3-4,8-9,11-13,22-23H,5-6,19H2,1-2H3,(H2,18,20,25)/t9-,11+,12?,13?,16+/m1/s1. The molecule has 0 aromatic carbocycles. The SMILES string of the molecule is CC(C)[C@H](N)C(=O)OC[C@H]1C[C@@](C#N)(n2ccc(N)nc2=O)C(O)C1O. The second-order valence-corrected chi connectivity index (χ2v) is 6.84. The molecule has 2 rings (SSSR count). The largest absolute Gasteiger partial charge is 0.464 e. The topological polar surface area (TPSA) is 177 Å². The number of nitrogens with two attached hydrogens (primary N) is 2. The first-order valence-corrected chi connectivity index (χ1v) is 8.19. The molecule has 10 heteroatoms. The van der Waals surface area contributed by atoms with E-state index in [0.717, 1.165) is 4.57 Å². The first-order valence-electron chi connectivity index (χ1n) is 8.19. The number of anilines is 1. The Morgan fingerprint density at radius 3 is 2.77 bits per heavy atom. The van der Waals surface area contributed by atoms with E-state index < -0.39 is 41.4 Å². The van der Waals surface area contributed by atoms with Gasteiger partial charge in [-0.1, -0.05) is 13.8 Å². The van der Waals surface area contributed by atoms with Crippen LogP contribution in [0.1, 0.15) is 20.3 Å². The number of aliphatic hydroxyl groups excluding tert-OH is 2. The molecule has 1 aliphatic rings. The maximum Gasteiger partial charge on any atom is 0.350 e. The molecule has 6 N–H and O–H groups in total. The maximum atomic E-state index is 12.1. The second kappa shape index (κ2) is 7.41. The lowest BCUT2D eigenvalue weighted by atomic mass is 9.95. The van der Waals surface area contributed by atoms with Crippen molar-refractivity contribution in [3.8, 4) is 6.07 Å². The number of nitrogens with zero attached hydrogens (tertiary/aromatic N) is 3. The summed E-state index contributed by atoms with van der Waals surface area (Å²) in [5.74, 6) is -1.54. The summed E-state index contributed by atoms with van der Waals surface area (Å²) in [5, 5.41) is 30.4. The van der Waals surface area contributed by atoms with E-state index in [1.54, 1.807) is 13.8 Å². The van der Waals surface area contributed by atoms with Gasteiger partial charge in [0.1, 0.15) is 18.0 Å². The molecule has 2 unspecified atom stereocenters. The number of carbonyl (C=O) groups is 1. The summed E-state index contributed by atoms with van der Waals surface area (Å²) in [7, 11) is 0. The van der Waals surface area contributed by atoms with E-state index in [0.29, 0.717) is 0 Å². The molecule has 1 fully saturated rings. The van der Waals surface area contributed by atoms with Crippen LogP contribution in [-0.4, -0.2) is 50.6 Å². The first-order chi connectivity index (χ1) is 12.1. The highest BCUT2D eigenvalue weighted by Gasteiger charge is 2.55. The number of hydrogen-bond acceptors (Lipinski definition) is 9. The minimum absolute atomic E-state index is 0.0273. The number of nitrogen functional groups attached to an aromatic ring is 1. The van der Waals surface area contributed by atoms with E-state index in [1.807, 2.05) is 6.07 Å². The molecular weight excluding hydrogens is 342 g/mol. The Kier molecular flexibility index (Phi) is 5.65. The summed E-state index contributed by atoms with van der Waals surface area (Å²) < 4.78 is 6.07. The van der Waals surface area contributed by atoms with Crippen molar-refractivity contribution in [2.24, 2.45) is 17.6 Å². The number of rotatable bonds is 5. The molecule has 0 bridgehead atoms. The molecule has 0 saturated heterocycles. The lowest BCUT2D eigenvalue weighted by Gasteiger charge is -2.27. The van der Waals surface area contributed by atoms with Crippen molar-refractivity contribution >= 4 is 11.8 Å². The fraction of sp³-hybridized carbons (Fsp3) is 0.625. The Morgan fingerprint density at radius 2 is 2.23 bits per heavy atom. The van der Waals surface area contributed by atoms with Crippen molar-refractivity contribution in [1.29, 1.82) is 5.26 Å². The quantitative estimate of drug-likeness (QED) is 0.443. The molecule has 1 aliphatic carbocycles. The van der Waals surface area contributed by atoms with Crippen molar-refractivity contribution in [2.75, 3.05) is 12.3 Å². The summed E-state index contributed by atoms with van der Waals surface area (Å²) in [6.07, 6.45) is -1.81.